The van der Waals surface area contributed by atoms with Gasteiger partial charge in [-0.05, 0) is 6.92 Å². The summed E-state index contributed by atoms with van der Waals surface area (Å²) in [5, 5.41) is 15.9. The molecule has 0 saturated carbocycles. The quantitative estimate of drug-likeness (QED) is 0.696. The van der Waals surface area contributed by atoms with Crippen LogP contribution < -0.4 is 5.43 Å². The molecule has 0 aliphatic carbocycles. The predicted octanol–water partition coefficient (Wildman–Crippen LogP) is 2.80. The molecule has 6 heteroatoms. The highest BCUT2D eigenvalue weighted by Gasteiger charge is 2.37. The van der Waals surface area contributed by atoms with Crippen LogP contribution in [0.5, 0.6) is 0 Å². The van der Waals surface area contributed by atoms with Gasteiger partial charge in [0.15, 0.2) is 6.04 Å². The number of nitro groups is 1. The van der Waals surface area contributed by atoms with Gasteiger partial charge >= 0.3 is 0 Å². The van der Waals surface area contributed by atoms with Crippen molar-refractivity contribution in [2.75, 3.05) is 0 Å². The third-order valence-electron chi connectivity index (χ3n) is 3.75. The number of nitrogens with one attached hydrogen (secondary N) is 1. The number of nitrogens with zero attached hydrogens (tertiary/aromatic N) is 3. The summed E-state index contributed by atoms with van der Waals surface area (Å²) < 4.78 is 0. The Labute approximate surface area is 133 Å². The first-order chi connectivity index (χ1) is 11.2. The molecule has 2 aromatic rings. The SMILES string of the molecule is CC1=NNC(c2ccccc2)=NC1C(c1ccccc1)[N+](=O)[O-]. The van der Waals surface area contributed by atoms with Crippen LogP contribution in [0.4, 0.5) is 0 Å². The van der Waals surface area contributed by atoms with Gasteiger partial charge in [-0.25, -0.2) is 4.99 Å². The molecule has 0 fully saturated rings. The van der Waals surface area contributed by atoms with Crippen molar-refractivity contribution in [2.45, 2.75) is 19.0 Å². The minimum Gasteiger partial charge on any atom is -0.264 e. The molecule has 2 atom stereocenters. The van der Waals surface area contributed by atoms with E-state index < -0.39 is 12.1 Å². The van der Waals surface area contributed by atoms with Gasteiger partial charge in [0.05, 0.1) is 5.71 Å². The maximum atomic E-state index is 11.6. The zero-order valence-corrected chi connectivity index (χ0v) is 12.6. The highest BCUT2D eigenvalue weighted by molar-refractivity contribution is 6.03. The molecule has 1 aliphatic rings. The molecule has 0 spiro atoms. The molecule has 0 radical (unpaired) electrons. The summed E-state index contributed by atoms with van der Waals surface area (Å²) in [6.07, 6.45) is 0. The fourth-order valence-electron chi connectivity index (χ4n) is 2.57. The third-order valence-corrected chi connectivity index (χ3v) is 3.75. The number of amidine groups is 1. The van der Waals surface area contributed by atoms with Crippen LogP contribution in [0.15, 0.2) is 70.8 Å². The van der Waals surface area contributed by atoms with E-state index in [9.17, 15) is 10.1 Å². The van der Waals surface area contributed by atoms with E-state index in [1.807, 2.05) is 36.4 Å². The van der Waals surface area contributed by atoms with Crippen molar-refractivity contribution < 1.29 is 4.92 Å². The summed E-state index contributed by atoms with van der Waals surface area (Å²) in [7, 11) is 0. The Morgan fingerprint density at radius 2 is 1.70 bits per heavy atom. The summed E-state index contributed by atoms with van der Waals surface area (Å²) in [6, 6.07) is 16.8. The van der Waals surface area contributed by atoms with Crippen molar-refractivity contribution in [1.29, 1.82) is 0 Å². The Morgan fingerprint density at radius 1 is 1.09 bits per heavy atom. The minimum absolute atomic E-state index is 0.295. The fourth-order valence-corrected chi connectivity index (χ4v) is 2.57. The minimum atomic E-state index is -0.958. The van der Waals surface area contributed by atoms with E-state index in [1.165, 1.54) is 0 Å². The standard InChI is InChI=1S/C17H16N4O2/c1-12-15(16(21(22)23)13-8-4-2-5-9-13)18-17(20-19-12)14-10-6-3-7-11-14/h2-11,15-16H,1H3,(H,18,20). The predicted molar refractivity (Wildman–Crippen MR) is 89.2 cm³/mol. The summed E-state index contributed by atoms with van der Waals surface area (Å²) in [5.74, 6) is 0.545. The summed E-state index contributed by atoms with van der Waals surface area (Å²) in [4.78, 5) is 15.9. The van der Waals surface area contributed by atoms with Crippen molar-refractivity contribution in [1.82, 2.24) is 5.43 Å². The lowest BCUT2D eigenvalue weighted by Gasteiger charge is -2.23. The van der Waals surface area contributed by atoms with Crippen molar-refractivity contribution in [3.8, 4) is 0 Å². The van der Waals surface area contributed by atoms with E-state index in [-0.39, 0.29) is 4.92 Å². The van der Waals surface area contributed by atoms with E-state index in [1.54, 1.807) is 31.2 Å². The van der Waals surface area contributed by atoms with Crippen LogP contribution in [0.1, 0.15) is 24.1 Å². The molecular formula is C17H16N4O2. The lowest BCUT2D eigenvalue weighted by molar-refractivity contribution is -0.529. The van der Waals surface area contributed by atoms with Gasteiger partial charge in [-0.3, -0.25) is 15.5 Å². The highest BCUT2D eigenvalue weighted by Crippen LogP contribution is 2.25. The van der Waals surface area contributed by atoms with E-state index in [0.717, 1.165) is 5.56 Å². The van der Waals surface area contributed by atoms with Crippen LogP contribution in [0, 0.1) is 10.1 Å². The summed E-state index contributed by atoms with van der Waals surface area (Å²) in [5.41, 5.74) is 4.94. The molecule has 1 heterocycles. The largest absolute Gasteiger partial charge is 0.265 e. The number of hydrogen-bond acceptors (Lipinski definition) is 5. The van der Waals surface area contributed by atoms with Crippen molar-refractivity contribution in [3.63, 3.8) is 0 Å². The Hall–Kier alpha value is -3.02. The molecule has 1 aliphatic heterocycles. The maximum absolute atomic E-state index is 11.6. The van der Waals surface area contributed by atoms with Gasteiger partial charge in [-0.2, -0.15) is 5.10 Å². The van der Waals surface area contributed by atoms with Gasteiger partial charge < -0.3 is 0 Å². The van der Waals surface area contributed by atoms with Gasteiger partial charge in [0.2, 0.25) is 0 Å². The second kappa shape index (κ2) is 6.39. The Bertz CT molecular complexity index is 757. The molecule has 0 amide bonds. The van der Waals surface area contributed by atoms with E-state index in [2.05, 4.69) is 15.5 Å². The average molecular weight is 308 g/mol. The molecule has 23 heavy (non-hydrogen) atoms. The zero-order chi connectivity index (χ0) is 16.2. The number of rotatable bonds is 4. The topological polar surface area (TPSA) is 79.9 Å². The monoisotopic (exact) mass is 308 g/mol. The molecule has 0 bridgehead atoms. The number of aliphatic imine (C=N–C) groups is 1. The van der Waals surface area contributed by atoms with E-state index in [0.29, 0.717) is 17.1 Å². The summed E-state index contributed by atoms with van der Waals surface area (Å²) >= 11 is 0. The van der Waals surface area contributed by atoms with Crippen molar-refractivity contribution in [3.05, 3.63) is 81.9 Å². The number of hydrazone groups is 1. The van der Waals surface area contributed by atoms with E-state index >= 15 is 0 Å². The Balaban J connectivity index is 2.01. The molecule has 3 rings (SSSR count). The molecular weight excluding hydrogens is 292 g/mol. The molecule has 6 nitrogen and oxygen atoms in total. The second-order valence-corrected chi connectivity index (χ2v) is 5.29. The van der Waals surface area contributed by atoms with Crippen molar-refractivity contribution >= 4 is 11.5 Å². The lowest BCUT2D eigenvalue weighted by atomic mass is 9.96. The van der Waals surface area contributed by atoms with Gasteiger partial charge in [0, 0.05) is 16.1 Å². The van der Waals surface area contributed by atoms with Crippen LogP contribution >= 0.6 is 0 Å². The van der Waals surface area contributed by atoms with E-state index in [4.69, 9.17) is 0 Å². The van der Waals surface area contributed by atoms with Crippen LogP contribution in [0.25, 0.3) is 0 Å². The van der Waals surface area contributed by atoms with Gasteiger partial charge in [-0.1, -0.05) is 60.7 Å². The molecule has 116 valence electrons. The summed E-state index contributed by atoms with van der Waals surface area (Å²) in [6.45, 7) is 1.75. The zero-order valence-electron chi connectivity index (χ0n) is 12.6. The van der Waals surface area contributed by atoms with Gasteiger partial charge in [-0.15, -0.1) is 0 Å². The van der Waals surface area contributed by atoms with Crippen LogP contribution in [0.3, 0.4) is 0 Å². The smallest absolute Gasteiger partial charge is 0.264 e. The van der Waals surface area contributed by atoms with Gasteiger partial charge in [0.1, 0.15) is 5.84 Å². The molecule has 0 saturated heterocycles. The first kappa shape index (κ1) is 14.9. The fraction of sp³-hybridized carbons (Fsp3) is 0.176. The first-order valence-electron chi connectivity index (χ1n) is 7.28. The molecule has 0 aromatic heterocycles. The second-order valence-electron chi connectivity index (χ2n) is 5.29. The maximum Gasteiger partial charge on any atom is 0.265 e. The third kappa shape index (κ3) is 3.11. The first-order valence-corrected chi connectivity index (χ1v) is 7.28. The average Bonchev–Trinajstić information content (AvgIpc) is 2.58. The van der Waals surface area contributed by atoms with Crippen LogP contribution in [-0.2, 0) is 0 Å². The van der Waals surface area contributed by atoms with Crippen molar-refractivity contribution in [2.24, 2.45) is 10.1 Å². The molecule has 2 aromatic carbocycles. The van der Waals surface area contributed by atoms with Crippen LogP contribution in [-0.4, -0.2) is 22.5 Å². The Morgan fingerprint density at radius 3 is 2.30 bits per heavy atom. The molecule has 2 unspecified atom stereocenters. The highest BCUT2D eigenvalue weighted by atomic mass is 16.6. The molecule has 1 N–H and O–H groups in total. The number of hydrogen-bond donors (Lipinski definition) is 1. The number of benzene rings is 2. The van der Waals surface area contributed by atoms with Gasteiger partial charge in [0.25, 0.3) is 6.04 Å². The normalized spacial score (nSPS) is 18.4. The Kier molecular flexibility index (Phi) is 4.14. The lowest BCUT2D eigenvalue weighted by Crippen LogP contribution is -2.38. The van der Waals surface area contributed by atoms with Crippen LogP contribution in [0.2, 0.25) is 0 Å².